The maximum Gasteiger partial charge on any atom is 0.0618 e. The Morgan fingerprint density at radius 1 is 0.333 bits per heavy atom. The first-order chi connectivity index (χ1) is 19.4. The van der Waals surface area contributed by atoms with Crippen molar-refractivity contribution < 1.29 is 0 Å². The van der Waals surface area contributed by atoms with Gasteiger partial charge in [-0.3, -0.25) is 0 Å². The van der Waals surface area contributed by atoms with Gasteiger partial charge in [0.25, 0.3) is 0 Å². The van der Waals surface area contributed by atoms with Crippen molar-refractivity contribution >= 4 is 38.6 Å². The van der Waals surface area contributed by atoms with Crippen LogP contribution in [-0.4, -0.2) is 0 Å². The molecule has 0 amide bonds. The van der Waals surface area contributed by atoms with Crippen molar-refractivity contribution in [1.82, 2.24) is 0 Å². The van der Waals surface area contributed by atoms with Gasteiger partial charge >= 0.3 is 0 Å². The first-order valence-electron chi connectivity index (χ1n) is 13.4. The molecular weight excluding hydrogens is 470 g/mol. The molecule has 0 radical (unpaired) electrons. The van der Waals surface area contributed by atoms with Gasteiger partial charge in [0.15, 0.2) is 0 Å². The minimum Gasteiger partial charge on any atom is -0.309 e. The topological polar surface area (TPSA) is 3.24 Å². The molecule has 0 aromatic heterocycles. The average Bonchev–Trinajstić information content (AvgIpc) is 3.02. The van der Waals surface area contributed by atoms with Crippen molar-refractivity contribution in [3.05, 3.63) is 164 Å². The Morgan fingerprint density at radius 2 is 0.897 bits per heavy atom. The van der Waals surface area contributed by atoms with E-state index in [9.17, 15) is 0 Å². The third-order valence-electron chi connectivity index (χ3n) is 7.45. The number of anilines is 3. The summed E-state index contributed by atoms with van der Waals surface area (Å²) in [5.41, 5.74) is 8.27. The SMILES string of the molecule is c1ccc(-c2ccccc2N(c2ccccc2)c2c(-c3cccc4ccccc34)ccc3ccccc23)cc1. The van der Waals surface area contributed by atoms with Crippen LogP contribution in [0.4, 0.5) is 17.1 Å². The highest BCUT2D eigenvalue weighted by atomic mass is 15.1. The van der Waals surface area contributed by atoms with Crippen LogP contribution in [0.25, 0.3) is 43.8 Å². The van der Waals surface area contributed by atoms with E-state index < -0.39 is 0 Å². The molecule has 0 atom stereocenters. The molecule has 0 aliphatic rings. The summed E-state index contributed by atoms with van der Waals surface area (Å²) in [4.78, 5) is 2.45. The van der Waals surface area contributed by atoms with Crippen molar-refractivity contribution in [2.45, 2.75) is 0 Å². The molecule has 0 N–H and O–H groups in total. The van der Waals surface area contributed by atoms with E-state index in [4.69, 9.17) is 0 Å². The zero-order valence-corrected chi connectivity index (χ0v) is 21.5. The number of benzene rings is 7. The summed E-state index contributed by atoms with van der Waals surface area (Å²) in [6, 6.07) is 58.7. The Balaban J connectivity index is 1.61. The van der Waals surface area contributed by atoms with Crippen LogP contribution in [0, 0.1) is 0 Å². The van der Waals surface area contributed by atoms with Crippen molar-refractivity contribution in [2.75, 3.05) is 4.90 Å². The number of para-hydroxylation sites is 2. The summed E-state index contributed by atoms with van der Waals surface area (Å²) in [6.45, 7) is 0. The molecule has 0 aliphatic carbocycles. The Morgan fingerprint density at radius 3 is 1.69 bits per heavy atom. The average molecular weight is 498 g/mol. The molecule has 1 nitrogen and oxygen atoms in total. The predicted octanol–water partition coefficient (Wildman–Crippen LogP) is 10.8. The van der Waals surface area contributed by atoms with Gasteiger partial charge in [0.1, 0.15) is 0 Å². The third-order valence-corrected chi connectivity index (χ3v) is 7.45. The molecule has 0 fully saturated rings. The van der Waals surface area contributed by atoms with Crippen LogP contribution in [-0.2, 0) is 0 Å². The molecule has 0 spiro atoms. The molecule has 0 saturated carbocycles. The minimum atomic E-state index is 1.12. The Labute approximate surface area is 229 Å². The Kier molecular flexibility index (Phi) is 5.88. The zero-order valence-electron chi connectivity index (χ0n) is 21.5. The highest BCUT2D eigenvalue weighted by Gasteiger charge is 2.23. The lowest BCUT2D eigenvalue weighted by atomic mass is 9.92. The largest absolute Gasteiger partial charge is 0.309 e. The lowest BCUT2D eigenvalue weighted by molar-refractivity contribution is 1.30. The van der Waals surface area contributed by atoms with Crippen molar-refractivity contribution in [1.29, 1.82) is 0 Å². The number of hydrogen-bond donors (Lipinski definition) is 0. The predicted molar refractivity (Wildman–Crippen MR) is 167 cm³/mol. The first-order valence-corrected chi connectivity index (χ1v) is 13.4. The molecular formula is C38H27N. The van der Waals surface area contributed by atoms with Crippen LogP contribution in [0.15, 0.2) is 164 Å². The van der Waals surface area contributed by atoms with Gasteiger partial charge in [0, 0.05) is 22.2 Å². The second-order valence-corrected chi connectivity index (χ2v) is 9.76. The van der Waals surface area contributed by atoms with E-state index in [2.05, 4.69) is 169 Å². The molecule has 0 aliphatic heterocycles. The summed E-state index contributed by atoms with van der Waals surface area (Å²) < 4.78 is 0. The van der Waals surface area contributed by atoms with Crippen LogP contribution in [0.1, 0.15) is 0 Å². The smallest absolute Gasteiger partial charge is 0.0618 e. The second kappa shape index (κ2) is 9.96. The van der Waals surface area contributed by atoms with Crippen LogP contribution in [0.3, 0.4) is 0 Å². The lowest BCUT2D eigenvalue weighted by Crippen LogP contribution is -2.13. The van der Waals surface area contributed by atoms with E-state index in [1.54, 1.807) is 0 Å². The number of nitrogens with zero attached hydrogens (tertiary/aromatic N) is 1. The molecule has 1 heteroatoms. The molecule has 184 valence electrons. The quantitative estimate of drug-likeness (QED) is 0.229. The fourth-order valence-corrected chi connectivity index (χ4v) is 5.67. The Bertz CT molecular complexity index is 1900. The zero-order chi connectivity index (χ0) is 26.0. The van der Waals surface area contributed by atoms with E-state index in [0.29, 0.717) is 0 Å². The second-order valence-electron chi connectivity index (χ2n) is 9.76. The van der Waals surface area contributed by atoms with Gasteiger partial charge in [0.05, 0.1) is 11.4 Å². The van der Waals surface area contributed by atoms with Gasteiger partial charge in [-0.1, -0.05) is 146 Å². The van der Waals surface area contributed by atoms with Crippen LogP contribution in [0.5, 0.6) is 0 Å². The highest BCUT2D eigenvalue weighted by Crippen LogP contribution is 2.48. The standard InChI is InChI=1S/C38H27N/c1-3-14-29(15-4-1)33-22-11-12-25-37(33)39(31-19-5-2-6-20-31)38-34-23-10-8-17-30(34)26-27-36(38)35-24-13-18-28-16-7-9-21-32(28)35/h1-27H. The maximum absolute atomic E-state index is 2.45. The molecule has 0 heterocycles. The first kappa shape index (κ1) is 23.0. The summed E-state index contributed by atoms with van der Waals surface area (Å²) in [5, 5.41) is 4.93. The normalized spacial score (nSPS) is 11.1. The third kappa shape index (κ3) is 4.15. The van der Waals surface area contributed by atoms with Crippen molar-refractivity contribution in [2.24, 2.45) is 0 Å². The Hall–Kier alpha value is -5.14. The van der Waals surface area contributed by atoms with Gasteiger partial charge in [0.2, 0.25) is 0 Å². The van der Waals surface area contributed by atoms with Gasteiger partial charge in [-0.15, -0.1) is 0 Å². The summed E-state index contributed by atoms with van der Waals surface area (Å²) >= 11 is 0. The lowest BCUT2D eigenvalue weighted by Gasteiger charge is -2.31. The fraction of sp³-hybridized carbons (Fsp3) is 0. The number of fused-ring (bicyclic) bond motifs is 2. The maximum atomic E-state index is 2.45. The molecule has 7 aromatic carbocycles. The van der Waals surface area contributed by atoms with E-state index in [-0.39, 0.29) is 0 Å². The molecule has 0 saturated heterocycles. The van der Waals surface area contributed by atoms with Crippen molar-refractivity contribution in [3.8, 4) is 22.3 Å². The molecule has 39 heavy (non-hydrogen) atoms. The van der Waals surface area contributed by atoms with Crippen LogP contribution >= 0.6 is 0 Å². The molecule has 7 rings (SSSR count). The monoisotopic (exact) mass is 497 g/mol. The van der Waals surface area contributed by atoms with Gasteiger partial charge in [-0.2, -0.15) is 0 Å². The molecule has 7 aromatic rings. The molecule has 0 bridgehead atoms. The van der Waals surface area contributed by atoms with Gasteiger partial charge in [-0.25, -0.2) is 0 Å². The van der Waals surface area contributed by atoms with Crippen LogP contribution < -0.4 is 4.90 Å². The number of rotatable bonds is 5. The summed E-state index contributed by atoms with van der Waals surface area (Å²) in [7, 11) is 0. The highest BCUT2D eigenvalue weighted by molar-refractivity contribution is 6.11. The molecule has 0 unspecified atom stereocenters. The van der Waals surface area contributed by atoms with E-state index in [1.165, 1.54) is 49.5 Å². The number of hydrogen-bond acceptors (Lipinski definition) is 1. The summed E-state index contributed by atoms with van der Waals surface area (Å²) in [6.07, 6.45) is 0. The van der Waals surface area contributed by atoms with Gasteiger partial charge < -0.3 is 4.90 Å². The van der Waals surface area contributed by atoms with Crippen LogP contribution in [0.2, 0.25) is 0 Å². The van der Waals surface area contributed by atoms with E-state index >= 15 is 0 Å². The van der Waals surface area contributed by atoms with Gasteiger partial charge in [-0.05, 0) is 45.5 Å². The van der Waals surface area contributed by atoms with E-state index in [0.717, 1.165) is 11.4 Å². The van der Waals surface area contributed by atoms with E-state index in [1.807, 2.05) is 0 Å². The summed E-state index contributed by atoms with van der Waals surface area (Å²) in [5.74, 6) is 0. The van der Waals surface area contributed by atoms with Crippen molar-refractivity contribution in [3.63, 3.8) is 0 Å². The fourth-order valence-electron chi connectivity index (χ4n) is 5.67. The minimum absolute atomic E-state index is 1.12.